The van der Waals surface area contributed by atoms with Crippen molar-refractivity contribution in [2.24, 2.45) is 11.8 Å². The quantitative estimate of drug-likeness (QED) is 0.722. The minimum absolute atomic E-state index is 0.143. The topological polar surface area (TPSA) is 57.8 Å². The second-order valence-electron chi connectivity index (χ2n) is 3.62. The minimum atomic E-state index is -0.143. The van der Waals surface area contributed by atoms with Crippen LogP contribution in [0.25, 0.3) is 0 Å². The molecule has 0 amide bonds. The maximum atomic E-state index is 11.2. The Bertz CT molecular complexity index is 347. The number of anilines is 1. The van der Waals surface area contributed by atoms with Gasteiger partial charge in [-0.05, 0) is 18.3 Å². The van der Waals surface area contributed by atoms with E-state index in [1.165, 1.54) is 12.6 Å². The summed E-state index contributed by atoms with van der Waals surface area (Å²) in [4.78, 5) is 17.7. The molecule has 1 fully saturated rings. The standard InChI is InChI=1S/C9H13N3O/c1-6-4-7(6)5-12-8-9(13)11-3-2-10-8/h2-3,6-7H,4-5H2,1H3,(H,10,12)(H,11,13). The Balaban J connectivity index is 1.94. The van der Waals surface area contributed by atoms with Gasteiger partial charge in [0.2, 0.25) is 0 Å². The zero-order valence-electron chi connectivity index (χ0n) is 7.58. The zero-order chi connectivity index (χ0) is 9.26. The van der Waals surface area contributed by atoms with Gasteiger partial charge in [0, 0.05) is 18.9 Å². The molecule has 1 aliphatic rings. The van der Waals surface area contributed by atoms with Gasteiger partial charge in [0.05, 0.1) is 0 Å². The van der Waals surface area contributed by atoms with Gasteiger partial charge in [-0.1, -0.05) is 6.92 Å². The molecule has 1 aromatic heterocycles. The third-order valence-electron chi connectivity index (χ3n) is 2.52. The van der Waals surface area contributed by atoms with Crippen LogP contribution < -0.4 is 10.9 Å². The molecule has 13 heavy (non-hydrogen) atoms. The van der Waals surface area contributed by atoms with Crippen molar-refractivity contribution in [3.63, 3.8) is 0 Å². The number of hydrogen-bond donors (Lipinski definition) is 2. The summed E-state index contributed by atoms with van der Waals surface area (Å²) in [6, 6.07) is 0. The minimum Gasteiger partial charge on any atom is -0.365 e. The molecule has 4 nitrogen and oxygen atoms in total. The van der Waals surface area contributed by atoms with Gasteiger partial charge in [-0.2, -0.15) is 0 Å². The molecule has 0 aliphatic heterocycles. The van der Waals surface area contributed by atoms with Crippen molar-refractivity contribution in [3.05, 3.63) is 22.7 Å². The summed E-state index contributed by atoms with van der Waals surface area (Å²) in [6.45, 7) is 3.08. The molecule has 1 heterocycles. The maximum Gasteiger partial charge on any atom is 0.290 e. The van der Waals surface area contributed by atoms with E-state index in [-0.39, 0.29) is 5.56 Å². The van der Waals surface area contributed by atoms with Gasteiger partial charge in [0.1, 0.15) is 0 Å². The summed E-state index contributed by atoms with van der Waals surface area (Å²) in [5.74, 6) is 1.96. The van der Waals surface area contributed by atoms with Crippen molar-refractivity contribution < 1.29 is 0 Å². The number of aromatic amines is 1. The van der Waals surface area contributed by atoms with Crippen LogP contribution in [0.3, 0.4) is 0 Å². The predicted molar refractivity (Wildman–Crippen MR) is 50.6 cm³/mol. The summed E-state index contributed by atoms with van der Waals surface area (Å²) < 4.78 is 0. The van der Waals surface area contributed by atoms with Crippen molar-refractivity contribution >= 4 is 5.82 Å². The van der Waals surface area contributed by atoms with E-state index in [1.807, 2.05) is 0 Å². The van der Waals surface area contributed by atoms with E-state index in [9.17, 15) is 4.79 Å². The van der Waals surface area contributed by atoms with E-state index in [0.717, 1.165) is 18.4 Å². The van der Waals surface area contributed by atoms with Crippen LogP contribution in [-0.2, 0) is 0 Å². The lowest BCUT2D eigenvalue weighted by molar-refractivity contribution is 0.782. The number of aromatic nitrogens is 2. The summed E-state index contributed by atoms with van der Waals surface area (Å²) in [7, 11) is 0. The molecule has 0 bridgehead atoms. The van der Waals surface area contributed by atoms with Gasteiger partial charge in [-0.3, -0.25) is 4.79 Å². The van der Waals surface area contributed by atoms with Crippen LogP contribution in [0.15, 0.2) is 17.2 Å². The maximum absolute atomic E-state index is 11.2. The first-order valence-corrected chi connectivity index (χ1v) is 4.55. The molecular weight excluding hydrogens is 166 g/mol. The fourth-order valence-corrected chi connectivity index (χ4v) is 1.39. The average molecular weight is 179 g/mol. The molecule has 2 rings (SSSR count). The van der Waals surface area contributed by atoms with Crippen molar-refractivity contribution in [1.29, 1.82) is 0 Å². The highest BCUT2D eigenvalue weighted by atomic mass is 16.1. The van der Waals surface area contributed by atoms with Gasteiger partial charge in [-0.25, -0.2) is 4.98 Å². The average Bonchev–Trinajstić information content (AvgIpc) is 2.81. The number of rotatable bonds is 3. The molecule has 2 atom stereocenters. The Morgan fingerprint density at radius 1 is 1.77 bits per heavy atom. The zero-order valence-corrected chi connectivity index (χ0v) is 7.58. The van der Waals surface area contributed by atoms with Crippen LogP contribution in [0.4, 0.5) is 5.82 Å². The summed E-state index contributed by atoms with van der Waals surface area (Å²) >= 11 is 0. The van der Waals surface area contributed by atoms with Gasteiger partial charge in [0.25, 0.3) is 5.56 Å². The second-order valence-corrected chi connectivity index (χ2v) is 3.62. The lowest BCUT2D eigenvalue weighted by atomic mass is 10.3. The van der Waals surface area contributed by atoms with E-state index < -0.39 is 0 Å². The molecule has 2 unspecified atom stereocenters. The number of H-pyrrole nitrogens is 1. The second kappa shape index (κ2) is 3.20. The fraction of sp³-hybridized carbons (Fsp3) is 0.556. The van der Waals surface area contributed by atoms with Crippen molar-refractivity contribution in [2.75, 3.05) is 11.9 Å². The molecular formula is C9H13N3O. The van der Waals surface area contributed by atoms with Crippen LogP contribution in [0, 0.1) is 11.8 Å². The largest absolute Gasteiger partial charge is 0.365 e. The first-order valence-electron chi connectivity index (χ1n) is 4.55. The van der Waals surface area contributed by atoms with Crippen LogP contribution in [0.2, 0.25) is 0 Å². The highest BCUT2D eigenvalue weighted by Crippen LogP contribution is 2.37. The first kappa shape index (κ1) is 8.29. The lowest BCUT2D eigenvalue weighted by Gasteiger charge is -2.01. The monoisotopic (exact) mass is 179 g/mol. The van der Waals surface area contributed by atoms with Crippen LogP contribution in [0.1, 0.15) is 13.3 Å². The smallest absolute Gasteiger partial charge is 0.290 e. The van der Waals surface area contributed by atoms with Crippen molar-refractivity contribution in [3.8, 4) is 0 Å². The highest BCUT2D eigenvalue weighted by molar-refractivity contribution is 5.30. The Hall–Kier alpha value is -1.32. The lowest BCUT2D eigenvalue weighted by Crippen LogP contribution is -2.17. The Kier molecular flexibility index (Phi) is 2.04. The molecule has 0 radical (unpaired) electrons. The van der Waals surface area contributed by atoms with Crippen molar-refractivity contribution in [2.45, 2.75) is 13.3 Å². The Morgan fingerprint density at radius 2 is 2.54 bits per heavy atom. The normalized spacial score (nSPS) is 25.6. The summed E-state index contributed by atoms with van der Waals surface area (Å²) in [5.41, 5.74) is -0.143. The summed E-state index contributed by atoms with van der Waals surface area (Å²) in [5, 5.41) is 3.05. The Labute approximate surface area is 76.4 Å². The highest BCUT2D eigenvalue weighted by Gasteiger charge is 2.32. The molecule has 1 aromatic rings. The fourth-order valence-electron chi connectivity index (χ4n) is 1.39. The first-order chi connectivity index (χ1) is 6.27. The molecule has 0 aromatic carbocycles. The van der Waals surface area contributed by atoms with Gasteiger partial charge in [-0.15, -0.1) is 0 Å². The van der Waals surface area contributed by atoms with Gasteiger partial charge >= 0.3 is 0 Å². The predicted octanol–water partition coefficient (Wildman–Crippen LogP) is 0.838. The molecule has 1 saturated carbocycles. The summed E-state index contributed by atoms with van der Waals surface area (Å²) in [6.07, 6.45) is 4.38. The van der Waals surface area contributed by atoms with E-state index in [0.29, 0.717) is 5.82 Å². The molecule has 2 N–H and O–H groups in total. The van der Waals surface area contributed by atoms with Gasteiger partial charge < -0.3 is 10.3 Å². The third-order valence-corrected chi connectivity index (χ3v) is 2.52. The van der Waals surface area contributed by atoms with E-state index >= 15 is 0 Å². The van der Waals surface area contributed by atoms with Crippen LogP contribution in [0.5, 0.6) is 0 Å². The van der Waals surface area contributed by atoms with Crippen LogP contribution in [-0.4, -0.2) is 16.5 Å². The third kappa shape index (κ3) is 1.88. The molecule has 4 heteroatoms. The molecule has 70 valence electrons. The SMILES string of the molecule is CC1CC1CNc1ncc[nH]c1=O. The van der Waals surface area contributed by atoms with Crippen molar-refractivity contribution in [1.82, 2.24) is 9.97 Å². The van der Waals surface area contributed by atoms with E-state index in [2.05, 4.69) is 22.2 Å². The Morgan fingerprint density at radius 3 is 3.15 bits per heavy atom. The molecule has 0 spiro atoms. The number of hydrogen-bond acceptors (Lipinski definition) is 3. The number of nitrogens with zero attached hydrogens (tertiary/aromatic N) is 1. The van der Waals surface area contributed by atoms with E-state index in [4.69, 9.17) is 0 Å². The number of nitrogens with one attached hydrogen (secondary N) is 2. The molecule has 1 aliphatic carbocycles. The molecule has 0 saturated heterocycles. The van der Waals surface area contributed by atoms with Crippen LogP contribution >= 0.6 is 0 Å². The van der Waals surface area contributed by atoms with E-state index in [1.54, 1.807) is 6.20 Å². The van der Waals surface area contributed by atoms with Gasteiger partial charge in [0.15, 0.2) is 5.82 Å².